The van der Waals surface area contributed by atoms with E-state index in [-0.39, 0.29) is 0 Å². The van der Waals surface area contributed by atoms with E-state index in [9.17, 15) is 0 Å². The Morgan fingerprint density at radius 2 is 0.870 bits per heavy atom. The first kappa shape index (κ1) is 38.5. The fraction of sp³-hybridized carbons (Fsp3) is 0. The molecular formula is C63H36N4S2. The van der Waals surface area contributed by atoms with Crippen LogP contribution < -0.4 is 0 Å². The number of fused-ring (bicyclic) bond motifs is 14. The number of aromatic nitrogens is 4. The molecule has 6 heteroatoms. The van der Waals surface area contributed by atoms with Crippen LogP contribution in [0.4, 0.5) is 0 Å². The first-order valence-corrected chi connectivity index (χ1v) is 24.9. The summed E-state index contributed by atoms with van der Waals surface area (Å²) in [5, 5.41) is 14.6. The second-order valence-corrected chi connectivity index (χ2v) is 20.1. The molecule has 11 aromatic carbocycles. The van der Waals surface area contributed by atoms with Crippen molar-refractivity contribution in [3.05, 3.63) is 218 Å². The molecule has 0 atom stereocenters. The highest BCUT2D eigenvalue weighted by Crippen LogP contribution is 2.47. The maximum atomic E-state index is 5.48. The molecule has 0 aliphatic carbocycles. The van der Waals surface area contributed by atoms with Gasteiger partial charge in [-0.1, -0.05) is 164 Å². The van der Waals surface area contributed by atoms with Crippen LogP contribution in [-0.2, 0) is 0 Å². The zero-order valence-corrected chi connectivity index (χ0v) is 38.5. The van der Waals surface area contributed by atoms with Crippen molar-refractivity contribution in [2.75, 3.05) is 0 Å². The zero-order valence-electron chi connectivity index (χ0n) is 36.9. The summed E-state index contributed by atoms with van der Waals surface area (Å²) in [6, 6.07) is 79.2. The van der Waals surface area contributed by atoms with Gasteiger partial charge in [-0.15, -0.1) is 22.7 Å². The lowest BCUT2D eigenvalue weighted by Gasteiger charge is -2.14. The maximum Gasteiger partial charge on any atom is 0.164 e. The molecule has 0 unspecified atom stereocenters. The average Bonchev–Trinajstić information content (AvgIpc) is 4.09. The minimum atomic E-state index is 0.622. The Balaban J connectivity index is 1.05. The molecule has 4 aromatic heterocycles. The summed E-state index contributed by atoms with van der Waals surface area (Å²) in [6.45, 7) is 0. The lowest BCUT2D eigenvalue weighted by molar-refractivity contribution is 1.07. The van der Waals surface area contributed by atoms with Gasteiger partial charge in [-0.05, 0) is 92.7 Å². The first-order chi connectivity index (χ1) is 34.2. The van der Waals surface area contributed by atoms with E-state index in [1.165, 1.54) is 94.5 Å². The van der Waals surface area contributed by atoms with Gasteiger partial charge in [0.15, 0.2) is 17.5 Å². The van der Waals surface area contributed by atoms with Crippen LogP contribution in [0.5, 0.6) is 0 Å². The number of nitrogens with zero attached hydrogens (tertiary/aromatic N) is 4. The normalized spacial score (nSPS) is 12.1. The van der Waals surface area contributed by atoms with E-state index in [2.05, 4.69) is 223 Å². The highest BCUT2D eigenvalue weighted by atomic mass is 32.1. The molecule has 0 saturated heterocycles. The molecule has 15 rings (SSSR count). The summed E-state index contributed by atoms with van der Waals surface area (Å²) in [5.41, 5.74) is 8.55. The monoisotopic (exact) mass is 912 g/mol. The van der Waals surface area contributed by atoms with Gasteiger partial charge in [0.2, 0.25) is 0 Å². The van der Waals surface area contributed by atoms with Gasteiger partial charge in [-0.2, -0.15) is 0 Å². The SMILES string of the molecule is c1ccc(-c2ccc(-c3nc(-c4ccc5sc6ccccc6c5c4)nc(-c4cc(-n5c6cc7ccccc7cc6c6ccc7ccccc7c65)c5sc6ccc7ccccc7c6c5c4)n3)cc2)cc1. The molecular weight excluding hydrogens is 877 g/mol. The Bertz CT molecular complexity index is 4600. The Hall–Kier alpha value is -8.55. The molecule has 69 heavy (non-hydrogen) atoms. The quantitative estimate of drug-likeness (QED) is 0.173. The average molecular weight is 913 g/mol. The lowest BCUT2D eigenvalue weighted by Crippen LogP contribution is -2.01. The van der Waals surface area contributed by atoms with Crippen LogP contribution in [0.3, 0.4) is 0 Å². The van der Waals surface area contributed by atoms with Crippen molar-refractivity contribution >= 4 is 117 Å². The summed E-state index contributed by atoms with van der Waals surface area (Å²) >= 11 is 3.68. The van der Waals surface area contributed by atoms with Gasteiger partial charge >= 0.3 is 0 Å². The van der Waals surface area contributed by atoms with Gasteiger partial charge in [0.1, 0.15) is 0 Å². The Morgan fingerprint density at radius 3 is 1.68 bits per heavy atom. The van der Waals surface area contributed by atoms with Crippen LogP contribution in [0.1, 0.15) is 0 Å². The van der Waals surface area contributed by atoms with Gasteiger partial charge in [0.25, 0.3) is 0 Å². The fourth-order valence-electron chi connectivity index (χ4n) is 10.7. The van der Waals surface area contributed by atoms with Crippen molar-refractivity contribution in [2.45, 2.75) is 0 Å². The molecule has 0 bridgehead atoms. The van der Waals surface area contributed by atoms with E-state index >= 15 is 0 Å². The van der Waals surface area contributed by atoms with Crippen molar-refractivity contribution in [3.63, 3.8) is 0 Å². The summed E-state index contributed by atoms with van der Waals surface area (Å²) in [7, 11) is 0. The Morgan fingerprint density at radius 1 is 0.304 bits per heavy atom. The van der Waals surface area contributed by atoms with Crippen molar-refractivity contribution in [3.8, 4) is 51.0 Å². The summed E-state index contributed by atoms with van der Waals surface area (Å²) < 4.78 is 7.49. The molecule has 0 fully saturated rings. The standard InChI is InChI=1S/C63H36N4S2/c1-2-12-37(13-3-1)38-22-24-41(25-23-38)61-64-62(44-28-30-56-51(33-44)48-20-10-11-21-55(48)68-56)66-63(65-61)45-34-52-58-46-18-8-6-14-39(46)27-31-57(58)69-60(52)54(36-45)67-53-35-43-17-5-4-16-42(43)32-50(53)49-29-26-40-15-7-9-19-47(40)59(49)67/h1-36H. The van der Waals surface area contributed by atoms with Crippen LogP contribution in [0, 0.1) is 0 Å². The third-order valence-corrected chi connectivity index (χ3v) is 16.3. The van der Waals surface area contributed by atoms with E-state index in [0.717, 1.165) is 33.5 Å². The van der Waals surface area contributed by atoms with Gasteiger partial charge in [0, 0.05) is 68.5 Å². The number of rotatable bonds is 5. The van der Waals surface area contributed by atoms with Gasteiger partial charge in [0.05, 0.1) is 21.4 Å². The molecule has 15 aromatic rings. The molecule has 4 heterocycles. The molecule has 0 spiro atoms. The second kappa shape index (κ2) is 15.0. The third kappa shape index (κ3) is 6.03. The number of hydrogen-bond acceptors (Lipinski definition) is 5. The van der Waals surface area contributed by atoms with Crippen LogP contribution in [0.15, 0.2) is 218 Å². The minimum absolute atomic E-state index is 0.622. The molecule has 0 radical (unpaired) electrons. The van der Waals surface area contributed by atoms with E-state index in [0.29, 0.717) is 17.5 Å². The summed E-state index contributed by atoms with van der Waals surface area (Å²) in [4.78, 5) is 16.2. The topological polar surface area (TPSA) is 43.6 Å². The zero-order chi connectivity index (χ0) is 45.2. The van der Waals surface area contributed by atoms with E-state index < -0.39 is 0 Å². The van der Waals surface area contributed by atoms with Crippen molar-refractivity contribution in [1.29, 1.82) is 0 Å². The van der Waals surface area contributed by atoms with Crippen LogP contribution in [-0.4, -0.2) is 19.5 Å². The molecule has 0 aliphatic rings. The molecule has 0 saturated carbocycles. The molecule has 320 valence electrons. The molecule has 0 aliphatic heterocycles. The van der Waals surface area contributed by atoms with E-state index in [1.807, 2.05) is 22.7 Å². The highest BCUT2D eigenvalue weighted by molar-refractivity contribution is 7.26. The summed E-state index contributed by atoms with van der Waals surface area (Å²) in [5.74, 6) is 1.88. The van der Waals surface area contributed by atoms with Gasteiger partial charge < -0.3 is 4.57 Å². The number of benzene rings is 11. The van der Waals surface area contributed by atoms with Crippen LogP contribution in [0.25, 0.3) is 145 Å². The highest BCUT2D eigenvalue weighted by Gasteiger charge is 2.23. The second-order valence-electron chi connectivity index (χ2n) is 17.9. The predicted molar refractivity (Wildman–Crippen MR) is 294 cm³/mol. The van der Waals surface area contributed by atoms with Crippen LogP contribution in [0.2, 0.25) is 0 Å². The smallest absolute Gasteiger partial charge is 0.164 e. The summed E-state index contributed by atoms with van der Waals surface area (Å²) in [6.07, 6.45) is 0. The van der Waals surface area contributed by atoms with Crippen LogP contribution >= 0.6 is 22.7 Å². The molecule has 4 nitrogen and oxygen atoms in total. The third-order valence-electron chi connectivity index (χ3n) is 14.0. The molecule has 0 amide bonds. The molecule has 0 N–H and O–H groups in total. The minimum Gasteiger partial charge on any atom is -0.307 e. The van der Waals surface area contributed by atoms with Crippen molar-refractivity contribution in [2.24, 2.45) is 0 Å². The predicted octanol–water partition coefficient (Wildman–Crippen LogP) is 17.8. The number of thiophene rings is 2. The van der Waals surface area contributed by atoms with Gasteiger partial charge in [-0.25, -0.2) is 15.0 Å². The van der Waals surface area contributed by atoms with E-state index in [4.69, 9.17) is 15.0 Å². The fourth-order valence-corrected chi connectivity index (χ4v) is 13.0. The van der Waals surface area contributed by atoms with Crippen molar-refractivity contribution < 1.29 is 0 Å². The number of hydrogen-bond donors (Lipinski definition) is 0. The van der Waals surface area contributed by atoms with Crippen molar-refractivity contribution in [1.82, 2.24) is 19.5 Å². The van der Waals surface area contributed by atoms with Gasteiger partial charge in [-0.3, -0.25) is 0 Å². The Kier molecular flexibility index (Phi) is 8.37. The Labute approximate surface area is 403 Å². The lowest BCUT2D eigenvalue weighted by atomic mass is 10.0. The largest absolute Gasteiger partial charge is 0.307 e. The van der Waals surface area contributed by atoms with E-state index in [1.54, 1.807) is 0 Å². The first-order valence-electron chi connectivity index (χ1n) is 23.2. The maximum absolute atomic E-state index is 5.48.